The molecule has 1 heteroatoms. The third-order valence-electron chi connectivity index (χ3n) is 6.08. The second-order valence-electron chi connectivity index (χ2n) is 7.27. The summed E-state index contributed by atoms with van der Waals surface area (Å²) in [5, 5.41) is 0. The first kappa shape index (κ1) is 14.0. The van der Waals surface area contributed by atoms with Gasteiger partial charge in [-0.1, -0.05) is 60.2 Å². The third-order valence-corrected chi connectivity index (χ3v) is 6.08. The molecule has 2 aromatic rings. The second kappa shape index (κ2) is 5.24. The number of aryl methyl sites for hydroxylation is 1. The van der Waals surface area contributed by atoms with Crippen LogP contribution >= 0.6 is 0 Å². The van der Waals surface area contributed by atoms with E-state index in [9.17, 15) is 0 Å². The molecular formula is C21H25N. The smallest absolute Gasteiger partial charge is 0.0232 e. The Labute approximate surface area is 134 Å². The molecule has 22 heavy (non-hydrogen) atoms. The molecular weight excluding hydrogens is 266 g/mol. The van der Waals surface area contributed by atoms with E-state index in [0.29, 0.717) is 0 Å². The molecule has 2 saturated heterocycles. The summed E-state index contributed by atoms with van der Waals surface area (Å²) < 4.78 is 0. The zero-order chi connectivity index (χ0) is 15.2. The molecule has 0 N–H and O–H groups in total. The molecule has 2 fully saturated rings. The van der Waals surface area contributed by atoms with Crippen molar-refractivity contribution in [2.24, 2.45) is 0 Å². The number of piperidine rings is 1. The molecule has 2 heterocycles. The predicted octanol–water partition coefficient (Wildman–Crippen LogP) is 4.54. The number of rotatable bonds is 2. The third kappa shape index (κ3) is 2.11. The van der Waals surface area contributed by atoms with E-state index in [4.69, 9.17) is 0 Å². The second-order valence-corrected chi connectivity index (χ2v) is 7.27. The number of fused-ring (bicyclic) bond motifs is 2. The van der Waals surface area contributed by atoms with Gasteiger partial charge in [-0.15, -0.1) is 0 Å². The zero-order valence-corrected chi connectivity index (χ0v) is 13.6. The van der Waals surface area contributed by atoms with Gasteiger partial charge >= 0.3 is 0 Å². The summed E-state index contributed by atoms with van der Waals surface area (Å²) in [5.74, 6) is 0. The number of hydrogen-bond donors (Lipinski definition) is 0. The Kier molecular flexibility index (Phi) is 3.34. The van der Waals surface area contributed by atoms with E-state index < -0.39 is 0 Å². The van der Waals surface area contributed by atoms with Gasteiger partial charge in [0, 0.05) is 17.5 Å². The lowest BCUT2D eigenvalue weighted by atomic mass is 9.66. The highest BCUT2D eigenvalue weighted by Crippen LogP contribution is 2.50. The molecule has 2 aromatic carbocycles. The lowest BCUT2D eigenvalue weighted by molar-refractivity contribution is 0.129. The van der Waals surface area contributed by atoms with Gasteiger partial charge in [0.05, 0.1) is 0 Å². The highest BCUT2D eigenvalue weighted by Gasteiger charge is 2.48. The zero-order valence-electron chi connectivity index (χ0n) is 13.6. The lowest BCUT2D eigenvalue weighted by Crippen LogP contribution is -2.48. The first-order valence-electron chi connectivity index (χ1n) is 8.54. The molecule has 0 spiro atoms. The van der Waals surface area contributed by atoms with E-state index in [-0.39, 0.29) is 5.41 Å². The standard InChI is InChI=1S/C21H25N/c1-16-8-10-18(11-9-16)21(17-6-4-3-5-7-17)14-19-12-13-20(15-21)22(19)2/h3-11,19-20H,12-15H2,1-2H3. The Bertz CT molecular complexity index is 629. The van der Waals surface area contributed by atoms with Gasteiger partial charge in [-0.3, -0.25) is 0 Å². The van der Waals surface area contributed by atoms with Crippen molar-refractivity contribution in [2.75, 3.05) is 7.05 Å². The van der Waals surface area contributed by atoms with Crippen molar-refractivity contribution in [3.63, 3.8) is 0 Å². The fraction of sp³-hybridized carbons (Fsp3) is 0.429. The molecule has 2 atom stereocenters. The van der Waals surface area contributed by atoms with Gasteiger partial charge < -0.3 is 4.90 Å². The van der Waals surface area contributed by atoms with Gasteiger partial charge in [0.15, 0.2) is 0 Å². The van der Waals surface area contributed by atoms with Crippen LogP contribution in [0, 0.1) is 6.92 Å². The Balaban J connectivity index is 1.84. The molecule has 2 aliphatic rings. The molecule has 0 saturated carbocycles. The van der Waals surface area contributed by atoms with Crippen LogP contribution in [0.5, 0.6) is 0 Å². The number of benzene rings is 2. The maximum absolute atomic E-state index is 2.63. The van der Waals surface area contributed by atoms with E-state index in [1.807, 2.05) is 0 Å². The van der Waals surface area contributed by atoms with Gasteiger partial charge in [-0.2, -0.15) is 0 Å². The van der Waals surface area contributed by atoms with Gasteiger partial charge in [0.25, 0.3) is 0 Å². The van der Waals surface area contributed by atoms with Crippen molar-refractivity contribution in [3.05, 3.63) is 71.3 Å². The minimum atomic E-state index is 0.202. The van der Waals surface area contributed by atoms with E-state index in [1.165, 1.54) is 42.4 Å². The van der Waals surface area contributed by atoms with Crippen LogP contribution in [-0.4, -0.2) is 24.0 Å². The van der Waals surface area contributed by atoms with Crippen LogP contribution in [0.3, 0.4) is 0 Å². The fourth-order valence-electron chi connectivity index (χ4n) is 4.74. The average Bonchev–Trinajstić information content (AvgIpc) is 2.77. The quantitative estimate of drug-likeness (QED) is 0.785. The topological polar surface area (TPSA) is 3.24 Å². The highest BCUT2D eigenvalue weighted by atomic mass is 15.2. The monoisotopic (exact) mass is 291 g/mol. The maximum atomic E-state index is 2.63. The van der Waals surface area contributed by atoms with E-state index >= 15 is 0 Å². The summed E-state index contributed by atoms with van der Waals surface area (Å²) in [4.78, 5) is 2.63. The highest BCUT2D eigenvalue weighted by molar-refractivity contribution is 5.42. The molecule has 0 aromatic heterocycles. The van der Waals surface area contributed by atoms with E-state index in [2.05, 4.69) is 73.5 Å². The Morgan fingerprint density at radius 1 is 0.818 bits per heavy atom. The molecule has 2 unspecified atom stereocenters. The normalized spacial score (nSPS) is 31.4. The molecule has 114 valence electrons. The molecule has 2 aliphatic heterocycles. The molecule has 2 bridgehead atoms. The van der Waals surface area contributed by atoms with Gasteiger partial charge in [-0.05, 0) is 50.8 Å². The molecule has 1 nitrogen and oxygen atoms in total. The fourth-order valence-corrected chi connectivity index (χ4v) is 4.74. The first-order valence-corrected chi connectivity index (χ1v) is 8.54. The maximum Gasteiger partial charge on any atom is 0.0232 e. The Morgan fingerprint density at radius 3 is 1.95 bits per heavy atom. The van der Waals surface area contributed by atoms with Crippen molar-refractivity contribution in [1.82, 2.24) is 4.90 Å². The van der Waals surface area contributed by atoms with Crippen LogP contribution in [0.2, 0.25) is 0 Å². The molecule has 0 amide bonds. The molecule has 4 rings (SSSR count). The summed E-state index contributed by atoms with van der Waals surface area (Å²) in [5.41, 5.74) is 4.56. The minimum absolute atomic E-state index is 0.202. The van der Waals surface area contributed by atoms with E-state index in [0.717, 1.165) is 12.1 Å². The minimum Gasteiger partial charge on any atom is -0.300 e. The summed E-state index contributed by atoms with van der Waals surface area (Å²) in [6, 6.07) is 22.0. The predicted molar refractivity (Wildman–Crippen MR) is 92.2 cm³/mol. The molecule has 0 radical (unpaired) electrons. The summed E-state index contributed by atoms with van der Waals surface area (Å²) in [7, 11) is 2.33. The SMILES string of the molecule is Cc1ccc(C2(c3ccccc3)CC3CCC(C2)N3C)cc1. The van der Waals surface area contributed by atoms with Crippen molar-refractivity contribution in [1.29, 1.82) is 0 Å². The van der Waals surface area contributed by atoms with Crippen molar-refractivity contribution < 1.29 is 0 Å². The van der Waals surface area contributed by atoms with Crippen molar-refractivity contribution >= 4 is 0 Å². The van der Waals surface area contributed by atoms with Crippen LogP contribution in [0.25, 0.3) is 0 Å². The van der Waals surface area contributed by atoms with Crippen LogP contribution in [0.1, 0.15) is 42.4 Å². The van der Waals surface area contributed by atoms with Crippen LogP contribution < -0.4 is 0 Å². The van der Waals surface area contributed by atoms with Gasteiger partial charge in [0.1, 0.15) is 0 Å². The van der Waals surface area contributed by atoms with Crippen LogP contribution in [0.4, 0.5) is 0 Å². The van der Waals surface area contributed by atoms with Gasteiger partial charge in [0.2, 0.25) is 0 Å². The molecule has 0 aliphatic carbocycles. The van der Waals surface area contributed by atoms with Gasteiger partial charge in [-0.25, -0.2) is 0 Å². The van der Waals surface area contributed by atoms with E-state index in [1.54, 1.807) is 0 Å². The van der Waals surface area contributed by atoms with Crippen LogP contribution in [-0.2, 0) is 5.41 Å². The average molecular weight is 291 g/mol. The summed E-state index contributed by atoms with van der Waals surface area (Å²) in [6.45, 7) is 2.18. The first-order chi connectivity index (χ1) is 10.7. The number of nitrogens with zero attached hydrogens (tertiary/aromatic N) is 1. The summed E-state index contributed by atoms with van der Waals surface area (Å²) in [6.07, 6.45) is 5.24. The largest absolute Gasteiger partial charge is 0.300 e. The summed E-state index contributed by atoms with van der Waals surface area (Å²) >= 11 is 0. The Hall–Kier alpha value is -1.60. The lowest BCUT2D eigenvalue weighted by Gasteiger charge is -2.46. The number of hydrogen-bond acceptors (Lipinski definition) is 1. The van der Waals surface area contributed by atoms with Crippen molar-refractivity contribution in [3.8, 4) is 0 Å². The van der Waals surface area contributed by atoms with Crippen molar-refractivity contribution in [2.45, 2.75) is 50.1 Å². The Morgan fingerprint density at radius 2 is 1.36 bits per heavy atom. The van der Waals surface area contributed by atoms with Crippen LogP contribution in [0.15, 0.2) is 54.6 Å².